The minimum atomic E-state index is -0.133. The van der Waals surface area contributed by atoms with Gasteiger partial charge in [-0.3, -0.25) is 9.48 Å². The van der Waals surface area contributed by atoms with Crippen LogP contribution < -0.4 is 5.32 Å². The van der Waals surface area contributed by atoms with Crippen LogP contribution in [0.5, 0.6) is 0 Å². The summed E-state index contributed by atoms with van der Waals surface area (Å²) in [7, 11) is 1.79. The van der Waals surface area contributed by atoms with E-state index in [9.17, 15) is 4.79 Å². The molecule has 0 aliphatic heterocycles. The Labute approximate surface area is 100 Å². The van der Waals surface area contributed by atoms with Gasteiger partial charge in [-0.25, -0.2) is 0 Å². The summed E-state index contributed by atoms with van der Waals surface area (Å²) in [6.45, 7) is 3.97. The number of nitrogens with zero attached hydrogens (tertiary/aromatic N) is 2. The van der Waals surface area contributed by atoms with Gasteiger partial charge in [-0.05, 0) is 31.0 Å². The molecule has 1 N–H and O–H groups in total. The van der Waals surface area contributed by atoms with Crippen LogP contribution in [0.4, 0.5) is 5.69 Å². The number of anilines is 1. The van der Waals surface area contributed by atoms with E-state index in [0.717, 1.165) is 16.8 Å². The quantitative estimate of drug-likeness (QED) is 0.858. The number of carbonyl (C=O) groups excluding carboxylic acids is 1. The van der Waals surface area contributed by atoms with E-state index in [2.05, 4.69) is 10.4 Å². The summed E-state index contributed by atoms with van der Waals surface area (Å²) >= 11 is 0. The molecular weight excluding hydrogens is 214 g/mol. The van der Waals surface area contributed by atoms with E-state index in [1.807, 2.05) is 32.0 Å². The number of rotatable bonds is 2. The van der Waals surface area contributed by atoms with Crippen molar-refractivity contribution in [2.24, 2.45) is 7.05 Å². The van der Waals surface area contributed by atoms with Gasteiger partial charge in [0.1, 0.15) is 0 Å². The van der Waals surface area contributed by atoms with Crippen molar-refractivity contribution in [2.45, 2.75) is 13.8 Å². The van der Waals surface area contributed by atoms with Gasteiger partial charge in [0.15, 0.2) is 0 Å². The van der Waals surface area contributed by atoms with Gasteiger partial charge < -0.3 is 5.32 Å². The fourth-order valence-electron chi connectivity index (χ4n) is 1.60. The standard InChI is InChI=1S/C13H15N3O/c1-9-4-5-10(2)12(6-9)15-13(17)11-7-14-16(3)8-11/h4-8H,1-3H3,(H,15,17). The molecule has 4 nitrogen and oxygen atoms in total. The Balaban J connectivity index is 2.21. The molecule has 0 saturated carbocycles. The second-order valence-corrected chi connectivity index (χ2v) is 4.18. The van der Waals surface area contributed by atoms with Crippen molar-refractivity contribution >= 4 is 11.6 Å². The summed E-state index contributed by atoms with van der Waals surface area (Å²) in [6, 6.07) is 5.98. The molecule has 0 aliphatic carbocycles. The molecule has 0 saturated heterocycles. The number of aryl methyl sites for hydroxylation is 3. The van der Waals surface area contributed by atoms with E-state index in [1.54, 1.807) is 24.1 Å². The van der Waals surface area contributed by atoms with Crippen LogP contribution in [0.1, 0.15) is 21.5 Å². The molecule has 1 aromatic heterocycles. The zero-order valence-corrected chi connectivity index (χ0v) is 10.2. The maximum Gasteiger partial charge on any atom is 0.258 e. The molecule has 0 bridgehead atoms. The first-order chi connectivity index (χ1) is 8.06. The van der Waals surface area contributed by atoms with E-state index in [1.165, 1.54) is 0 Å². The predicted octanol–water partition coefficient (Wildman–Crippen LogP) is 2.29. The molecular formula is C13H15N3O. The van der Waals surface area contributed by atoms with Crippen LogP contribution in [0.2, 0.25) is 0 Å². The van der Waals surface area contributed by atoms with Crippen LogP contribution in [0, 0.1) is 13.8 Å². The number of carbonyl (C=O) groups is 1. The summed E-state index contributed by atoms with van der Waals surface area (Å²) in [4.78, 5) is 11.9. The molecule has 0 unspecified atom stereocenters. The van der Waals surface area contributed by atoms with Gasteiger partial charge in [0.2, 0.25) is 0 Å². The average Bonchev–Trinajstić information content (AvgIpc) is 2.70. The first-order valence-electron chi connectivity index (χ1n) is 5.43. The number of hydrogen-bond acceptors (Lipinski definition) is 2. The molecule has 1 aromatic carbocycles. The molecule has 17 heavy (non-hydrogen) atoms. The highest BCUT2D eigenvalue weighted by Crippen LogP contribution is 2.17. The summed E-state index contributed by atoms with van der Waals surface area (Å²) < 4.78 is 1.61. The highest BCUT2D eigenvalue weighted by atomic mass is 16.1. The maximum absolute atomic E-state index is 11.9. The Bertz CT molecular complexity index is 558. The molecule has 1 amide bonds. The Morgan fingerprint density at radius 1 is 1.35 bits per heavy atom. The first kappa shape index (κ1) is 11.4. The second-order valence-electron chi connectivity index (χ2n) is 4.18. The summed E-state index contributed by atoms with van der Waals surface area (Å²) in [5, 5.41) is 6.86. The van der Waals surface area contributed by atoms with Gasteiger partial charge in [0, 0.05) is 18.9 Å². The number of amides is 1. The van der Waals surface area contributed by atoms with E-state index >= 15 is 0 Å². The van der Waals surface area contributed by atoms with E-state index in [4.69, 9.17) is 0 Å². The molecule has 0 spiro atoms. The number of benzene rings is 1. The van der Waals surface area contributed by atoms with Gasteiger partial charge in [0.05, 0.1) is 11.8 Å². The van der Waals surface area contributed by atoms with E-state index < -0.39 is 0 Å². The second kappa shape index (κ2) is 4.41. The van der Waals surface area contributed by atoms with Crippen molar-refractivity contribution in [1.82, 2.24) is 9.78 Å². The first-order valence-corrected chi connectivity index (χ1v) is 5.43. The third kappa shape index (κ3) is 2.53. The van der Waals surface area contributed by atoms with Crippen LogP contribution in [-0.2, 0) is 7.05 Å². The van der Waals surface area contributed by atoms with Crippen LogP contribution in [0.15, 0.2) is 30.6 Å². The van der Waals surface area contributed by atoms with Crippen LogP contribution in [0.25, 0.3) is 0 Å². The van der Waals surface area contributed by atoms with Gasteiger partial charge in [-0.15, -0.1) is 0 Å². The summed E-state index contributed by atoms with van der Waals surface area (Å²) in [5.74, 6) is -0.133. The lowest BCUT2D eigenvalue weighted by Crippen LogP contribution is -2.12. The Kier molecular flexibility index (Phi) is 2.95. The molecule has 1 heterocycles. The van der Waals surface area contributed by atoms with Gasteiger partial charge in [-0.2, -0.15) is 5.10 Å². The predicted molar refractivity (Wildman–Crippen MR) is 67.1 cm³/mol. The highest BCUT2D eigenvalue weighted by Gasteiger charge is 2.09. The van der Waals surface area contributed by atoms with Gasteiger partial charge in [0.25, 0.3) is 5.91 Å². The Hall–Kier alpha value is -2.10. The molecule has 2 rings (SSSR count). The van der Waals surface area contributed by atoms with Crippen LogP contribution in [-0.4, -0.2) is 15.7 Å². The zero-order chi connectivity index (χ0) is 12.4. The van der Waals surface area contributed by atoms with Gasteiger partial charge >= 0.3 is 0 Å². The SMILES string of the molecule is Cc1ccc(C)c(NC(=O)c2cnn(C)c2)c1. The third-order valence-corrected chi connectivity index (χ3v) is 2.61. The van der Waals surface area contributed by atoms with E-state index in [-0.39, 0.29) is 5.91 Å². The number of hydrogen-bond donors (Lipinski definition) is 1. The van der Waals surface area contributed by atoms with Crippen molar-refractivity contribution in [1.29, 1.82) is 0 Å². The number of nitrogens with one attached hydrogen (secondary N) is 1. The lowest BCUT2D eigenvalue weighted by Gasteiger charge is -2.08. The maximum atomic E-state index is 11.9. The van der Waals surface area contributed by atoms with Gasteiger partial charge in [-0.1, -0.05) is 12.1 Å². The molecule has 4 heteroatoms. The van der Waals surface area contributed by atoms with Crippen LogP contribution in [0.3, 0.4) is 0 Å². The molecule has 0 atom stereocenters. The third-order valence-electron chi connectivity index (χ3n) is 2.61. The fourth-order valence-corrected chi connectivity index (χ4v) is 1.60. The summed E-state index contributed by atoms with van der Waals surface area (Å²) in [5.41, 5.74) is 3.58. The smallest absolute Gasteiger partial charge is 0.258 e. The number of aromatic nitrogens is 2. The summed E-state index contributed by atoms with van der Waals surface area (Å²) in [6.07, 6.45) is 3.25. The largest absolute Gasteiger partial charge is 0.322 e. The van der Waals surface area contributed by atoms with Crippen molar-refractivity contribution in [3.05, 3.63) is 47.3 Å². The average molecular weight is 229 g/mol. The van der Waals surface area contributed by atoms with Crippen molar-refractivity contribution in [2.75, 3.05) is 5.32 Å². The molecule has 0 radical (unpaired) electrons. The molecule has 88 valence electrons. The Morgan fingerprint density at radius 2 is 2.12 bits per heavy atom. The lowest BCUT2D eigenvalue weighted by molar-refractivity contribution is 0.102. The normalized spacial score (nSPS) is 10.3. The van der Waals surface area contributed by atoms with Crippen molar-refractivity contribution in [3.63, 3.8) is 0 Å². The minimum Gasteiger partial charge on any atom is -0.322 e. The van der Waals surface area contributed by atoms with E-state index in [0.29, 0.717) is 5.56 Å². The zero-order valence-electron chi connectivity index (χ0n) is 10.2. The van der Waals surface area contributed by atoms with Crippen molar-refractivity contribution in [3.8, 4) is 0 Å². The van der Waals surface area contributed by atoms with Crippen LogP contribution >= 0.6 is 0 Å². The molecule has 0 fully saturated rings. The lowest BCUT2D eigenvalue weighted by atomic mass is 10.1. The fraction of sp³-hybridized carbons (Fsp3) is 0.231. The van der Waals surface area contributed by atoms with Crippen molar-refractivity contribution < 1.29 is 4.79 Å². The highest BCUT2D eigenvalue weighted by molar-refractivity contribution is 6.04. The Morgan fingerprint density at radius 3 is 2.76 bits per heavy atom. The monoisotopic (exact) mass is 229 g/mol. The minimum absolute atomic E-state index is 0.133. The topological polar surface area (TPSA) is 46.9 Å². The molecule has 0 aliphatic rings. The molecule has 2 aromatic rings.